The fourth-order valence-electron chi connectivity index (χ4n) is 3.20. The lowest BCUT2D eigenvalue weighted by Gasteiger charge is -2.27. The van der Waals surface area contributed by atoms with Crippen molar-refractivity contribution in [3.8, 4) is 11.5 Å². The second-order valence-corrected chi connectivity index (χ2v) is 8.62. The summed E-state index contributed by atoms with van der Waals surface area (Å²) in [4.78, 5) is 17.6. The molecule has 0 aliphatic carbocycles. The van der Waals surface area contributed by atoms with E-state index in [1.165, 1.54) is 5.56 Å². The Morgan fingerprint density at radius 1 is 1.16 bits per heavy atom. The Hall–Kier alpha value is -2.45. The zero-order valence-corrected chi connectivity index (χ0v) is 20.3. The molecule has 2 aromatic carbocycles. The van der Waals surface area contributed by atoms with Gasteiger partial charge in [-0.3, -0.25) is 0 Å². The van der Waals surface area contributed by atoms with E-state index in [9.17, 15) is 4.79 Å². The molecule has 6 nitrogen and oxygen atoms in total. The normalized spacial score (nSPS) is 15.8. The molecule has 0 bridgehead atoms. The van der Waals surface area contributed by atoms with E-state index < -0.39 is 12.0 Å². The van der Waals surface area contributed by atoms with Gasteiger partial charge in [-0.05, 0) is 43.7 Å². The minimum absolute atomic E-state index is 0.289. The van der Waals surface area contributed by atoms with Crippen molar-refractivity contribution in [2.45, 2.75) is 25.6 Å². The first-order valence-electron chi connectivity index (χ1n) is 9.78. The number of carbonyl (C=O) groups is 1. The molecule has 1 aliphatic rings. The van der Waals surface area contributed by atoms with Crippen molar-refractivity contribution in [2.24, 2.45) is 4.99 Å². The number of carbonyl (C=O) groups excluding carboxylic acids is 1. The molecule has 164 valence electrons. The number of amidine groups is 1. The van der Waals surface area contributed by atoms with Crippen molar-refractivity contribution < 1.29 is 19.0 Å². The number of esters is 1. The number of nitrogens with zero attached hydrogens (tertiary/aromatic N) is 1. The van der Waals surface area contributed by atoms with Crippen molar-refractivity contribution in [1.29, 1.82) is 0 Å². The lowest BCUT2D eigenvalue weighted by Crippen LogP contribution is -2.30. The van der Waals surface area contributed by atoms with Gasteiger partial charge in [0.1, 0.15) is 17.5 Å². The van der Waals surface area contributed by atoms with E-state index >= 15 is 0 Å². The number of aliphatic imine (C=N–C) groups is 1. The van der Waals surface area contributed by atoms with Gasteiger partial charge < -0.3 is 19.5 Å². The van der Waals surface area contributed by atoms with Gasteiger partial charge >= 0.3 is 5.97 Å². The molecular formula is C23H25BrN2O4S. The third kappa shape index (κ3) is 5.62. The van der Waals surface area contributed by atoms with E-state index in [2.05, 4.69) is 33.4 Å². The van der Waals surface area contributed by atoms with E-state index in [1.54, 1.807) is 39.0 Å². The number of rotatable bonds is 7. The number of allylic oxidation sites excluding steroid dienone is 1. The number of benzene rings is 2. The van der Waals surface area contributed by atoms with Gasteiger partial charge in [-0.2, -0.15) is 0 Å². The Bertz CT molecular complexity index is 1010. The number of methoxy groups -OCH3 is 2. The molecule has 1 atom stereocenters. The molecule has 0 unspecified atom stereocenters. The zero-order chi connectivity index (χ0) is 22.4. The SMILES string of the molecule is CCOC(=O)C1=C(C)NC(SCc2ccc(Br)cc2)=N[C@H]1c1ccc(OC)cc1OC. The highest BCUT2D eigenvalue weighted by molar-refractivity contribution is 9.10. The first-order chi connectivity index (χ1) is 15.0. The summed E-state index contributed by atoms with van der Waals surface area (Å²) >= 11 is 5.04. The average Bonchev–Trinajstić information content (AvgIpc) is 2.77. The molecule has 0 amide bonds. The summed E-state index contributed by atoms with van der Waals surface area (Å²) in [5.41, 5.74) is 3.14. The number of hydrogen-bond acceptors (Lipinski definition) is 7. The fraction of sp³-hybridized carbons (Fsp3) is 0.304. The summed E-state index contributed by atoms with van der Waals surface area (Å²) in [6.07, 6.45) is 0. The smallest absolute Gasteiger partial charge is 0.338 e. The summed E-state index contributed by atoms with van der Waals surface area (Å²) in [6.45, 7) is 3.94. The number of halogens is 1. The highest BCUT2D eigenvalue weighted by atomic mass is 79.9. The molecule has 8 heteroatoms. The maximum absolute atomic E-state index is 12.8. The Balaban J connectivity index is 1.95. The van der Waals surface area contributed by atoms with Crippen LogP contribution in [0, 0.1) is 0 Å². The maximum atomic E-state index is 12.8. The molecule has 0 fully saturated rings. The van der Waals surface area contributed by atoms with Crippen LogP contribution >= 0.6 is 27.7 Å². The van der Waals surface area contributed by atoms with Crippen LogP contribution in [-0.4, -0.2) is 32.0 Å². The van der Waals surface area contributed by atoms with E-state index in [1.807, 2.05) is 31.2 Å². The van der Waals surface area contributed by atoms with Gasteiger partial charge in [0.15, 0.2) is 5.17 Å². The Morgan fingerprint density at radius 3 is 2.55 bits per heavy atom. The molecule has 3 rings (SSSR count). The van der Waals surface area contributed by atoms with Crippen LogP contribution in [0.4, 0.5) is 0 Å². The summed E-state index contributed by atoms with van der Waals surface area (Å²) in [6, 6.07) is 13.1. The molecule has 1 heterocycles. The number of ether oxygens (including phenoxy) is 3. The quantitative estimate of drug-likeness (QED) is 0.520. The molecule has 0 saturated heterocycles. The van der Waals surface area contributed by atoms with E-state index in [-0.39, 0.29) is 6.61 Å². The van der Waals surface area contributed by atoms with Gasteiger partial charge in [0.05, 0.1) is 26.4 Å². The number of thioether (sulfide) groups is 1. The van der Waals surface area contributed by atoms with E-state index in [0.717, 1.165) is 26.7 Å². The maximum Gasteiger partial charge on any atom is 0.338 e. The fourth-order valence-corrected chi connectivity index (χ4v) is 4.36. The van der Waals surface area contributed by atoms with Gasteiger partial charge in [-0.15, -0.1) is 0 Å². The van der Waals surface area contributed by atoms with Gasteiger partial charge in [0, 0.05) is 27.6 Å². The zero-order valence-electron chi connectivity index (χ0n) is 17.9. The molecule has 0 radical (unpaired) electrons. The lowest BCUT2D eigenvalue weighted by atomic mass is 9.95. The molecule has 1 aliphatic heterocycles. The van der Waals surface area contributed by atoms with Crippen LogP contribution in [0.25, 0.3) is 0 Å². The van der Waals surface area contributed by atoms with Crippen molar-refractivity contribution in [1.82, 2.24) is 5.32 Å². The van der Waals surface area contributed by atoms with Gasteiger partial charge in [-0.25, -0.2) is 9.79 Å². The first-order valence-corrected chi connectivity index (χ1v) is 11.6. The minimum Gasteiger partial charge on any atom is -0.497 e. The van der Waals surface area contributed by atoms with Crippen LogP contribution in [-0.2, 0) is 15.3 Å². The third-order valence-corrected chi connectivity index (χ3v) is 6.22. The summed E-state index contributed by atoms with van der Waals surface area (Å²) in [5, 5.41) is 4.00. The number of hydrogen-bond donors (Lipinski definition) is 1. The highest BCUT2D eigenvalue weighted by Crippen LogP contribution is 2.39. The number of nitrogens with one attached hydrogen (secondary N) is 1. The van der Waals surface area contributed by atoms with Crippen LogP contribution < -0.4 is 14.8 Å². The van der Waals surface area contributed by atoms with Crippen molar-refractivity contribution in [2.75, 3.05) is 20.8 Å². The molecule has 0 spiro atoms. The van der Waals surface area contributed by atoms with Gasteiger partial charge in [0.25, 0.3) is 0 Å². The topological polar surface area (TPSA) is 69.2 Å². The Morgan fingerprint density at radius 2 is 1.90 bits per heavy atom. The summed E-state index contributed by atoms with van der Waals surface area (Å²) in [7, 11) is 3.19. The van der Waals surface area contributed by atoms with Crippen molar-refractivity contribution >= 4 is 38.8 Å². The monoisotopic (exact) mass is 504 g/mol. The highest BCUT2D eigenvalue weighted by Gasteiger charge is 2.32. The standard InChI is InChI=1S/C23H25BrN2O4S/c1-5-30-22(27)20-14(2)25-23(31-13-15-6-8-16(24)9-7-15)26-21(20)18-11-10-17(28-3)12-19(18)29-4/h6-12,21H,5,13H2,1-4H3,(H,25,26)/t21-/m0/s1. The van der Waals surface area contributed by atoms with Crippen LogP contribution in [0.15, 0.2) is 63.2 Å². The molecule has 1 N–H and O–H groups in total. The molecule has 0 saturated carbocycles. The largest absolute Gasteiger partial charge is 0.497 e. The molecule has 0 aromatic heterocycles. The van der Waals surface area contributed by atoms with Crippen LogP contribution in [0.5, 0.6) is 11.5 Å². The first kappa shape index (κ1) is 23.2. The average molecular weight is 505 g/mol. The predicted octanol–water partition coefficient (Wildman–Crippen LogP) is 5.24. The molecular weight excluding hydrogens is 480 g/mol. The molecule has 31 heavy (non-hydrogen) atoms. The van der Waals surface area contributed by atoms with Gasteiger partial charge in [-0.1, -0.05) is 39.8 Å². The van der Waals surface area contributed by atoms with E-state index in [0.29, 0.717) is 17.1 Å². The predicted molar refractivity (Wildman–Crippen MR) is 128 cm³/mol. The summed E-state index contributed by atoms with van der Waals surface area (Å²) in [5.74, 6) is 1.62. The third-order valence-electron chi connectivity index (χ3n) is 4.74. The minimum atomic E-state index is -0.548. The van der Waals surface area contributed by atoms with E-state index in [4.69, 9.17) is 19.2 Å². The van der Waals surface area contributed by atoms with Crippen molar-refractivity contribution in [3.05, 3.63) is 69.3 Å². The molecule has 2 aromatic rings. The van der Waals surface area contributed by atoms with Crippen LogP contribution in [0.3, 0.4) is 0 Å². The van der Waals surface area contributed by atoms with Gasteiger partial charge in [0.2, 0.25) is 0 Å². The Labute approximate surface area is 195 Å². The van der Waals surface area contributed by atoms with Crippen LogP contribution in [0.2, 0.25) is 0 Å². The Kier molecular flexibility index (Phi) is 8.03. The second-order valence-electron chi connectivity index (χ2n) is 6.74. The van der Waals surface area contributed by atoms with Crippen molar-refractivity contribution in [3.63, 3.8) is 0 Å². The lowest BCUT2D eigenvalue weighted by molar-refractivity contribution is -0.138. The van der Waals surface area contributed by atoms with Crippen LogP contribution in [0.1, 0.15) is 31.0 Å². The summed E-state index contributed by atoms with van der Waals surface area (Å²) < 4.78 is 17.3. The second kappa shape index (κ2) is 10.7.